The van der Waals surface area contributed by atoms with Crippen LogP contribution in [0.25, 0.3) is 10.1 Å². The highest BCUT2D eigenvalue weighted by atomic mass is 32.1. The molecule has 0 fully saturated rings. The molecule has 0 spiro atoms. The fourth-order valence-electron chi connectivity index (χ4n) is 2.00. The van der Waals surface area contributed by atoms with Crippen molar-refractivity contribution in [1.29, 1.82) is 0 Å². The Kier molecular flexibility index (Phi) is 2.80. The molecule has 1 aromatic heterocycles. The summed E-state index contributed by atoms with van der Waals surface area (Å²) in [6.07, 6.45) is 0. The van der Waals surface area contributed by atoms with E-state index in [9.17, 15) is 9.18 Å². The molecule has 1 heterocycles. The van der Waals surface area contributed by atoms with E-state index in [1.165, 1.54) is 23.5 Å². The minimum absolute atomic E-state index is 0.0563. The smallest absolute Gasteiger partial charge is 0.208 e. The van der Waals surface area contributed by atoms with Gasteiger partial charge in [0, 0.05) is 10.1 Å². The summed E-state index contributed by atoms with van der Waals surface area (Å²) in [5, 5.41) is 0.840. The Hall–Kier alpha value is -2.20. The molecule has 2 nitrogen and oxygen atoms in total. The Morgan fingerprint density at radius 1 is 1.05 bits per heavy atom. The second-order valence-corrected chi connectivity index (χ2v) is 5.20. The molecule has 2 N–H and O–H groups in total. The fourth-order valence-corrected chi connectivity index (χ4v) is 3.08. The molecular weight excluding hydrogens is 261 g/mol. The van der Waals surface area contributed by atoms with Crippen molar-refractivity contribution in [3.63, 3.8) is 0 Å². The van der Waals surface area contributed by atoms with Crippen LogP contribution in [0, 0.1) is 5.82 Å². The van der Waals surface area contributed by atoms with E-state index in [1.807, 2.05) is 24.3 Å². The Morgan fingerprint density at radius 2 is 1.74 bits per heavy atom. The van der Waals surface area contributed by atoms with E-state index in [1.54, 1.807) is 12.1 Å². The third-order valence-electron chi connectivity index (χ3n) is 2.96. The zero-order valence-electron chi connectivity index (χ0n) is 9.89. The van der Waals surface area contributed by atoms with E-state index in [0.717, 1.165) is 10.1 Å². The van der Waals surface area contributed by atoms with Crippen molar-refractivity contribution in [2.45, 2.75) is 0 Å². The number of nitrogens with two attached hydrogens (primary N) is 1. The van der Waals surface area contributed by atoms with Crippen molar-refractivity contribution in [2.75, 3.05) is 5.73 Å². The molecule has 3 aromatic rings. The number of anilines is 1. The van der Waals surface area contributed by atoms with Crippen LogP contribution in [0.2, 0.25) is 0 Å². The van der Waals surface area contributed by atoms with Crippen LogP contribution in [0.5, 0.6) is 0 Å². The number of ketones is 1. The summed E-state index contributed by atoms with van der Waals surface area (Å²) < 4.78 is 14.6. The van der Waals surface area contributed by atoms with Crippen molar-refractivity contribution >= 4 is 32.9 Å². The van der Waals surface area contributed by atoms with Gasteiger partial charge >= 0.3 is 0 Å². The molecule has 0 atom stereocenters. The summed E-state index contributed by atoms with van der Waals surface area (Å²) in [5.41, 5.74) is 6.48. The number of halogens is 1. The maximum absolute atomic E-state index is 13.7. The molecule has 0 saturated heterocycles. The standard InChI is InChI=1S/C15H10FNOS/c16-11-7-3-1-5-9(11)14(18)15-13(17)10-6-2-4-8-12(10)19-15/h1-8H,17H2. The second kappa shape index (κ2) is 4.48. The number of thiophene rings is 1. The van der Waals surface area contributed by atoms with Crippen molar-refractivity contribution in [1.82, 2.24) is 0 Å². The number of carbonyl (C=O) groups is 1. The van der Waals surface area contributed by atoms with Crippen molar-refractivity contribution < 1.29 is 9.18 Å². The highest BCUT2D eigenvalue weighted by molar-refractivity contribution is 7.21. The number of rotatable bonds is 2. The van der Waals surface area contributed by atoms with Gasteiger partial charge in [-0.3, -0.25) is 4.79 Å². The van der Waals surface area contributed by atoms with E-state index in [2.05, 4.69) is 0 Å². The van der Waals surface area contributed by atoms with Gasteiger partial charge in [0.2, 0.25) is 5.78 Å². The van der Waals surface area contributed by atoms with Crippen molar-refractivity contribution in [2.24, 2.45) is 0 Å². The van der Waals surface area contributed by atoms with Crippen LogP contribution in [0.15, 0.2) is 48.5 Å². The summed E-state index contributed by atoms with van der Waals surface area (Å²) in [6.45, 7) is 0. The van der Waals surface area contributed by atoms with E-state index < -0.39 is 5.82 Å². The Balaban J connectivity index is 2.17. The lowest BCUT2D eigenvalue weighted by molar-refractivity contribution is 0.103. The molecule has 0 saturated carbocycles. The highest BCUT2D eigenvalue weighted by Crippen LogP contribution is 2.35. The van der Waals surface area contributed by atoms with E-state index >= 15 is 0 Å². The zero-order valence-corrected chi connectivity index (χ0v) is 10.7. The van der Waals surface area contributed by atoms with Gasteiger partial charge < -0.3 is 5.73 Å². The van der Waals surface area contributed by atoms with Crippen LogP contribution in [-0.2, 0) is 0 Å². The van der Waals surface area contributed by atoms with Crippen molar-refractivity contribution in [3.8, 4) is 0 Å². The molecule has 0 aliphatic heterocycles. The van der Waals surface area contributed by atoms with E-state index in [-0.39, 0.29) is 11.3 Å². The van der Waals surface area contributed by atoms with Gasteiger partial charge in [-0.2, -0.15) is 0 Å². The lowest BCUT2D eigenvalue weighted by Gasteiger charge is -2.01. The maximum atomic E-state index is 13.7. The topological polar surface area (TPSA) is 43.1 Å². The summed E-state index contributed by atoms with van der Waals surface area (Å²) in [5.74, 6) is -0.888. The SMILES string of the molecule is Nc1c(C(=O)c2ccccc2F)sc2ccccc12. The van der Waals surface area contributed by atoms with Crippen LogP contribution >= 0.6 is 11.3 Å². The van der Waals surface area contributed by atoms with Crippen LogP contribution in [0.3, 0.4) is 0 Å². The minimum atomic E-state index is -0.524. The zero-order chi connectivity index (χ0) is 13.4. The third kappa shape index (κ3) is 1.90. The van der Waals surface area contributed by atoms with Gasteiger partial charge in [-0.05, 0) is 18.2 Å². The first-order valence-corrected chi connectivity index (χ1v) is 6.56. The molecule has 2 aromatic carbocycles. The van der Waals surface area contributed by atoms with E-state index in [4.69, 9.17) is 5.73 Å². The molecule has 0 amide bonds. The first kappa shape index (κ1) is 11.9. The number of hydrogen-bond acceptors (Lipinski definition) is 3. The molecule has 0 radical (unpaired) electrons. The van der Waals surface area contributed by atoms with Crippen molar-refractivity contribution in [3.05, 3.63) is 64.8 Å². The Bertz CT molecular complexity index is 779. The number of benzene rings is 2. The van der Waals surface area contributed by atoms with Crippen LogP contribution in [-0.4, -0.2) is 5.78 Å². The second-order valence-electron chi connectivity index (χ2n) is 4.15. The predicted molar refractivity (Wildman–Crippen MR) is 76.1 cm³/mol. The average Bonchev–Trinajstić information content (AvgIpc) is 2.77. The largest absolute Gasteiger partial charge is 0.397 e. The van der Waals surface area contributed by atoms with Gasteiger partial charge in [0.1, 0.15) is 5.82 Å². The average molecular weight is 271 g/mol. The predicted octanol–water partition coefficient (Wildman–Crippen LogP) is 3.85. The number of hydrogen-bond donors (Lipinski definition) is 1. The van der Waals surface area contributed by atoms with Gasteiger partial charge in [-0.25, -0.2) is 4.39 Å². The summed E-state index contributed by atoms with van der Waals surface area (Å²) in [6, 6.07) is 13.4. The Labute approximate surface area is 113 Å². The molecule has 19 heavy (non-hydrogen) atoms. The molecule has 0 bridgehead atoms. The van der Waals surface area contributed by atoms with Gasteiger partial charge in [0.25, 0.3) is 0 Å². The highest BCUT2D eigenvalue weighted by Gasteiger charge is 2.19. The molecule has 0 aliphatic rings. The summed E-state index contributed by atoms with van der Waals surface area (Å²) in [4.78, 5) is 12.7. The number of carbonyl (C=O) groups excluding carboxylic acids is 1. The van der Waals surface area contributed by atoms with Crippen LogP contribution in [0.4, 0.5) is 10.1 Å². The Morgan fingerprint density at radius 3 is 2.47 bits per heavy atom. The van der Waals surface area contributed by atoms with Gasteiger partial charge in [-0.15, -0.1) is 11.3 Å². The number of fused-ring (bicyclic) bond motifs is 1. The first-order chi connectivity index (χ1) is 9.18. The molecule has 94 valence electrons. The quantitative estimate of drug-likeness (QED) is 0.719. The lowest BCUT2D eigenvalue weighted by Crippen LogP contribution is -2.04. The summed E-state index contributed by atoms with van der Waals surface area (Å²) in [7, 11) is 0. The molecule has 0 aliphatic carbocycles. The van der Waals surface area contributed by atoms with Gasteiger partial charge in [0.15, 0.2) is 0 Å². The maximum Gasteiger partial charge on any atom is 0.208 e. The fraction of sp³-hybridized carbons (Fsp3) is 0. The lowest BCUT2D eigenvalue weighted by atomic mass is 10.1. The summed E-state index contributed by atoms with van der Waals surface area (Å²) >= 11 is 1.29. The molecule has 0 unspecified atom stereocenters. The van der Waals surface area contributed by atoms with Crippen LogP contribution in [0.1, 0.15) is 15.2 Å². The molecule has 4 heteroatoms. The van der Waals surface area contributed by atoms with Gasteiger partial charge in [0.05, 0.1) is 16.1 Å². The third-order valence-corrected chi connectivity index (χ3v) is 4.14. The first-order valence-electron chi connectivity index (χ1n) is 5.74. The monoisotopic (exact) mass is 271 g/mol. The normalized spacial score (nSPS) is 10.8. The van der Waals surface area contributed by atoms with E-state index in [0.29, 0.717) is 10.6 Å². The minimum Gasteiger partial charge on any atom is -0.397 e. The molecular formula is C15H10FNOS. The van der Waals surface area contributed by atoms with Crippen LogP contribution < -0.4 is 5.73 Å². The number of nitrogen functional groups attached to an aromatic ring is 1. The van der Waals surface area contributed by atoms with Gasteiger partial charge in [-0.1, -0.05) is 30.3 Å². The molecule has 3 rings (SSSR count).